The Morgan fingerprint density at radius 2 is 1.81 bits per heavy atom. The number of H-pyrrole nitrogens is 1. The maximum Gasteiger partial charge on any atom is 0.255 e. The largest absolute Gasteiger partial charge is 0.342 e. The van der Waals surface area contributed by atoms with E-state index in [1.807, 2.05) is 36.4 Å². The molecule has 0 aliphatic rings. The Bertz CT molecular complexity index is 1090. The highest BCUT2D eigenvalue weighted by molar-refractivity contribution is 6.31. The van der Waals surface area contributed by atoms with Crippen LogP contribution in [0.4, 0.5) is 5.69 Å². The number of fused-ring (bicyclic) bond motifs is 1. The van der Waals surface area contributed by atoms with Gasteiger partial charge in [-0.05, 0) is 48.4 Å². The molecule has 0 saturated carbocycles. The van der Waals surface area contributed by atoms with Gasteiger partial charge in [-0.3, -0.25) is 4.79 Å². The van der Waals surface area contributed by atoms with E-state index in [1.54, 1.807) is 24.3 Å². The van der Waals surface area contributed by atoms with Crippen LogP contribution < -0.4 is 5.32 Å². The first-order valence-electron chi connectivity index (χ1n) is 8.77. The number of nitrogens with one attached hydrogen (secondary N) is 2. The Balaban J connectivity index is 1.48. The van der Waals surface area contributed by atoms with E-state index in [4.69, 9.17) is 11.6 Å². The molecule has 1 amide bonds. The van der Waals surface area contributed by atoms with Gasteiger partial charge in [-0.1, -0.05) is 48.0 Å². The number of carbonyl (C=O) groups is 1. The van der Waals surface area contributed by atoms with E-state index in [9.17, 15) is 4.79 Å². The number of hydrogen-bond donors (Lipinski definition) is 2. The van der Waals surface area contributed by atoms with E-state index in [0.29, 0.717) is 16.3 Å². The third-order valence-electron chi connectivity index (χ3n) is 4.37. The van der Waals surface area contributed by atoms with Crippen molar-refractivity contribution in [2.45, 2.75) is 12.8 Å². The van der Waals surface area contributed by atoms with Gasteiger partial charge in [-0.25, -0.2) is 4.98 Å². The van der Waals surface area contributed by atoms with Gasteiger partial charge in [0.2, 0.25) is 0 Å². The molecular formula is C22H18ClN3O. The van der Waals surface area contributed by atoms with E-state index < -0.39 is 0 Å². The van der Waals surface area contributed by atoms with Crippen molar-refractivity contribution in [1.29, 1.82) is 0 Å². The highest BCUT2D eigenvalue weighted by atomic mass is 35.5. The number of benzene rings is 3. The summed E-state index contributed by atoms with van der Waals surface area (Å²) in [6.45, 7) is 0. The van der Waals surface area contributed by atoms with E-state index in [0.717, 1.165) is 29.7 Å². The lowest BCUT2D eigenvalue weighted by atomic mass is 10.1. The van der Waals surface area contributed by atoms with Gasteiger partial charge in [0.05, 0.1) is 11.0 Å². The van der Waals surface area contributed by atoms with Crippen molar-refractivity contribution >= 4 is 34.2 Å². The predicted molar refractivity (Wildman–Crippen MR) is 109 cm³/mol. The number of halogens is 1. The molecule has 0 atom stereocenters. The fraction of sp³-hybridized carbons (Fsp3) is 0.0909. The second-order valence-electron chi connectivity index (χ2n) is 6.37. The molecule has 27 heavy (non-hydrogen) atoms. The normalized spacial score (nSPS) is 10.9. The summed E-state index contributed by atoms with van der Waals surface area (Å²) in [5.74, 6) is 0.743. The molecule has 0 fully saturated rings. The van der Waals surface area contributed by atoms with Crippen molar-refractivity contribution in [2.75, 3.05) is 5.32 Å². The zero-order valence-electron chi connectivity index (χ0n) is 14.6. The number of aromatic amines is 1. The van der Waals surface area contributed by atoms with E-state index >= 15 is 0 Å². The quantitative estimate of drug-likeness (QED) is 0.500. The zero-order chi connectivity index (χ0) is 18.6. The molecule has 2 N–H and O–H groups in total. The number of hydrogen-bond acceptors (Lipinski definition) is 2. The van der Waals surface area contributed by atoms with Crippen LogP contribution >= 0.6 is 11.6 Å². The van der Waals surface area contributed by atoms with Crippen LogP contribution in [0.1, 0.15) is 21.7 Å². The molecule has 0 saturated heterocycles. The van der Waals surface area contributed by atoms with Crippen molar-refractivity contribution in [3.63, 3.8) is 0 Å². The number of nitrogens with zero attached hydrogens (tertiary/aromatic N) is 1. The third kappa shape index (κ3) is 4.18. The summed E-state index contributed by atoms with van der Waals surface area (Å²) < 4.78 is 0. The number of anilines is 1. The minimum atomic E-state index is -0.194. The molecule has 4 nitrogen and oxygen atoms in total. The Hall–Kier alpha value is -3.11. The molecule has 0 spiro atoms. The van der Waals surface area contributed by atoms with Gasteiger partial charge in [0, 0.05) is 22.7 Å². The van der Waals surface area contributed by atoms with E-state index in [2.05, 4.69) is 27.4 Å². The molecule has 5 heteroatoms. The molecule has 1 aromatic heterocycles. The van der Waals surface area contributed by atoms with Gasteiger partial charge in [0.25, 0.3) is 5.91 Å². The number of amides is 1. The van der Waals surface area contributed by atoms with Gasteiger partial charge in [0.15, 0.2) is 0 Å². The fourth-order valence-electron chi connectivity index (χ4n) is 3.00. The summed E-state index contributed by atoms with van der Waals surface area (Å²) >= 11 is 5.95. The number of rotatable bonds is 5. The third-order valence-corrected chi connectivity index (χ3v) is 4.60. The first-order chi connectivity index (χ1) is 13.2. The summed E-state index contributed by atoms with van der Waals surface area (Å²) in [7, 11) is 0. The summed E-state index contributed by atoms with van der Waals surface area (Å²) in [4.78, 5) is 20.3. The van der Waals surface area contributed by atoms with E-state index in [-0.39, 0.29) is 5.91 Å². The number of aryl methyl sites for hydroxylation is 2. The molecule has 0 bridgehead atoms. The lowest BCUT2D eigenvalue weighted by molar-refractivity contribution is 0.102. The Morgan fingerprint density at radius 3 is 2.63 bits per heavy atom. The maximum absolute atomic E-state index is 12.4. The number of imidazole rings is 1. The zero-order valence-corrected chi connectivity index (χ0v) is 15.3. The standard InChI is InChI=1S/C22H18ClN3O/c23-17-8-4-7-16(13-17)22(27)24-18-10-11-19-20(14-18)26-21(25-19)12-9-15-5-2-1-3-6-15/h1-8,10-11,13-14H,9,12H2,(H,24,27)(H,25,26). The van der Waals surface area contributed by atoms with Gasteiger partial charge >= 0.3 is 0 Å². The van der Waals surface area contributed by atoms with Crippen LogP contribution in [0.25, 0.3) is 11.0 Å². The van der Waals surface area contributed by atoms with Crippen LogP contribution in [0, 0.1) is 0 Å². The van der Waals surface area contributed by atoms with Crippen molar-refractivity contribution < 1.29 is 4.79 Å². The summed E-state index contributed by atoms with van der Waals surface area (Å²) in [5, 5.41) is 3.44. The summed E-state index contributed by atoms with van der Waals surface area (Å²) in [6, 6.07) is 22.9. The monoisotopic (exact) mass is 375 g/mol. The van der Waals surface area contributed by atoms with E-state index in [1.165, 1.54) is 5.56 Å². The second-order valence-corrected chi connectivity index (χ2v) is 6.80. The molecule has 0 unspecified atom stereocenters. The summed E-state index contributed by atoms with van der Waals surface area (Å²) in [5.41, 5.74) is 4.31. The molecule has 3 aromatic carbocycles. The predicted octanol–water partition coefficient (Wildman–Crippen LogP) is 5.25. The first kappa shape index (κ1) is 17.3. The smallest absolute Gasteiger partial charge is 0.255 e. The molecular weight excluding hydrogens is 358 g/mol. The Labute approximate surface area is 162 Å². The molecule has 0 radical (unpaired) electrons. The van der Waals surface area contributed by atoms with Crippen LogP contribution in [0.2, 0.25) is 5.02 Å². The van der Waals surface area contributed by atoms with Gasteiger partial charge in [0.1, 0.15) is 5.82 Å². The Kier molecular flexibility index (Phi) is 4.90. The molecule has 0 aliphatic heterocycles. The molecule has 1 heterocycles. The number of aromatic nitrogens is 2. The lowest BCUT2D eigenvalue weighted by Crippen LogP contribution is -2.11. The minimum Gasteiger partial charge on any atom is -0.342 e. The molecule has 0 aliphatic carbocycles. The lowest BCUT2D eigenvalue weighted by Gasteiger charge is -2.05. The highest BCUT2D eigenvalue weighted by Crippen LogP contribution is 2.19. The average Bonchev–Trinajstić information content (AvgIpc) is 3.09. The molecule has 134 valence electrons. The fourth-order valence-corrected chi connectivity index (χ4v) is 3.19. The van der Waals surface area contributed by atoms with Crippen molar-refractivity contribution in [3.8, 4) is 0 Å². The average molecular weight is 376 g/mol. The van der Waals surface area contributed by atoms with Crippen molar-refractivity contribution in [3.05, 3.63) is 94.8 Å². The second kappa shape index (κ2) is 7.64. The van der Waals surface area contributed by atoms with Crippen molar-refractivity contribution in [1.82, 2.24) is 9.97 Å². The topological polar surface area (TPSA) is 57.8 Å². The SMILES string of the molecule is O=C(Nc1ccc2nc(CCc3ccccc3)[nH]c2c1)c1cccc(Cl)c1. The van der Waals surface area contributed by atoms with Gasteiger partial charge in [-0.15, -0.1) is 0 Å². The Morgan fingerprint density at radius 1 is 0.963 bits per heavy atom. The first-order valence-corrected chi connectivity index (χ1v) is 9.15. The highest BCUT2D eigenvalue weighted by Gasteiger charge is 2.09. The number of carbonyl (C=O) groups excluding carboxylic acids is 1. The van der Waals surface area contributed by atoms with Gasteiger partial charge < -0.3 is 10.3 Å². The minimum absolute atomic E-state index is 0.194. The van der Waals surface area contributed by atoms with Crippen LogP contribution in [0.5, 0.6) is 0 Å². The van der Waals surface area contributed by atoms with Crippen LogP contribution in [0.3, 0.4) is 0 Å². The van der Waals surface area contributed by atoms with Crippen LogP contribution in [-0.4, -0.2) is 15.9 Å². The maximum atomic E-state index is 12.4. The summed E-state index contributed by atoms with van der Waals surface area (Å²) in [6.07, 6.45) is 1.77. The van der Waals surface area contributed by atoms with Crippen LogP contribution in [-0.2, 0) is 12.8 Å². The van der Waals surface area contributed by atoms with Crippen LogP contribution in [0.15, 0.2) is 72.8 Å². The molecule has 4 rings (SSSR count). The van der Waals surface area contributed by atoms with Gasteiger partial charge in [-0.2, -0.15) is 0 Å². The van der Waals surface area contributed by atoms with Crippen molar-refractivity contribution in [2.24, 2.45) is 0 Å². The molecule has 4 aromatic rings.